The van der Waals surface area contributed by atoms with E-state index in [1.165, 1.54) is 18.1 Å². The Morgan fingerprint density at radius 2 is 1.78 bits per heavy atom. The Morgan fingerprint density at radius 1 is 1.05 bits per heavy atom. The zero-order chi connectivity index (χ0) is 29.2. The van der Waals surface area contributed by atoms with E-state index in [2.05, 4.69) is 15.9 Å². The van der Waals surface area contributed by atoms with Gasteiger partial charge in [-0.05, 0) is 99.1 Å². The van der Waals surface area contributed by atoms with Gasteiger partial charge in [0, 0.05) is 29.7 Å². The second-order valence-corrected chi connectivity index (χ2v) is 12.7. The zero-order valence-electron chi connectivity index (χ0n) is 21.9. The van der Waals surface area contributed by atoms with Crippen LogP contribution in [0.1, 0.15) is 29.9 Å². The number of ether oxygens (including phenoxy) is 1. The van der Waals surface area contributed by atoms with Gasteiger partial charge in [0.05, 0.1) is 27.0 Å². The standard InChI is InChI=1S/C31H25BrINO7/c1-41-24-11-15(10-22(33)29(24)38)25-17-6-7-18-26(19(17)12-20-27(25)23(36)13-21(32)28(20)37)31(40)34(30(18)39)9-8-14-2-4-16(35)5-3-14/h2-6,10-11,13,18-19,25-26,35,38H,7-9,12H2,1H3. The fourth-order valence-corrected chi connectivity index (χ4v) is 7.76. The average Bonchev–Trinajstić information content (AvgIpc) is 3.20. The molecule has 1 fully saturated rings. The predicted octanol–water partition coefficient (Wildman–Crippen LogP) is 4.72. The summed E-state index contributed by atoms with van der Waals surface area (Å²) in [6, 6.07) is 10.1. The van der Waals surface area contributed by atoms with Gasteiger partial charge in [0.25, 0.3) is 0 Å². The van der Waals surface area contributed by atoms with E-state index in [-0.39, 0.29) is 58.1 Å². The van der Waals surface area contributed by atoms with Gasteiger partial charge >= 0.3 is 0 Å². The van der Waals surface area contributed by atoms with Crippen LogP contribution in [-0.2, 0) is 25.6 Å². The van der Waals surface area contributed by atoms with Crippen LogP contribution in [0.2, 0.25) is 0 Å². The maximum atomic E-state index is 13.9. The molecule has 0 aromatic heterocycles. The monoisotopic (exact) mass is 729 g/mol. The van der Waals surface area contributed by atoms with Crippen molar-refractivity contribution in [1.82, 2.24) is 4.90 Å². The number of fused-ring (bicyclic) bond motifs is 3. The summed E-state index contributed by atoms with van der Waals surface area (Å²) in [4.78, 5) is 55.5. The molecule has 1 saturated heterocycles. The summed E-state index contributed by atoms with van der Waals surface area (Å²) < 4.78 is 6.09. The van der Waals surface area contributed by atoms with Crippen molar-refractivity contribution in [2.75, 3.05) is 13.7 Å². The summed E-state index contributed by atoms with van der Waals surface area (Å²) in [5, 5.41) is 20.0. The molecule has 0 radical (unpaired) electrons. The number of amides is 2. The second-order valence-electron chi connectivity index (χ2n) is 10.7. The third-order valence-corrected chi connectivity index (χ3v) is 10.00. The number of hydrogen-bond donors (Lipinski definition) is 2. The Hall–Kier alpha value is -3.25. The lowest BCUT2D eigenvalue weighted by molar-refractivity contribution is -0.140. The summed E-state index contributed by atoms with van der Waals surface area (Å²) in [7, 11) is 1.44. The molecule has 0 saturated carbocycles. The van der Waals surface area contributed by atoms with Crippen LogP contribution in [0.25, 0.3) is 0 Å². The summed E-state index contributed by atoms with van der Waals surface area (Å²) in [5.74, 6) is -2.98. The summed E-state index contributed by atoms with van der Waals surface area (Å²) >= 11 is 5.24. The van der Waals surface area contributed by atoms with Gasteiger partial charge in [-0.25, -0.2) is 0 Å². The molecule has 41 heavy (non-hydrogen) atoms. The quantitative estimate of drug-likeness (QED) is 0.198. The highest BCUT2D eigenvalue weighted by molar-refractivity contribution is 14.1. The van der Waals surface area contributed by atoms with E-state index in [0.29, 0.717) is 33.1 Å². The Bertz CT molecular complexity index is 1620. The summed E-state index contributed by atoms with van der Waals surface area (Å²) in [6.07, 6.45) is 4.24. The lowest BCUT2D eigenvalue weighted by atomic mass is 9.59. The normalized spacial score (nSPS) is 25.5. The molecule has 0 spiro atoms. The first-order chi connectivity index (χ1) is 19.6. The Morgan fingerprint density at radius 3 is 2.49 bits per heavy atom. The fourth-order valence-electron chi connectivity index (χ4n) is 6.69. The number of benzene rings is 2. The predicted molar refractivity (Wildman–Crippen MR) is 160 cm³/mol. The zero-order valence-corrected chi connectivity index (χ0v) is 25.6. The van der Waals surface area contributed by atoms with Crippen molar-refractivity contribution in [1.29, 1.82) is 0 Å². The van der Waals surface area contributed by atoms with Gasteiger partial charge in [0.1, 0.15) is 5.75 Å². The van der Waals surface area contributed by atoms with Crippen molar-refractivity contribution in [2.24, 2.45) is 17.8 Å². The number of ketones is 2. The number of allylic oxidation sites excluding steroid dienone is 6. The van der Waals surface area contributed by atoms with Gasteiger partial charge in [-0.3, -0.25) is 24.1 Å². The number of phenols is 2. The largest absolute Gasteiger partial charge is 0.508 e. The van der Waals surface area contributed by atoms with Crippen molar-refractivity contribution >= 4 is 61.9 Å². The third-order valence-electron chi connectivity index (χ3n) is 8.59. The van der Waals surface area contributed by atoms with Gasteiger partial charge in [0.2, 0.25) is 11.8 Å². The Balaban J connectivity index is 1.40. The van der Waals surface area contributed by atoms with Crippen molar-refractivity contribution in [2.45, 2.75) is 25.2 Å². The SMILES string of the molecule is COc1cc(C2C3=CCC4C(=O)N(CCc5ccc(O)cc5)C(=O)C4C3CC3=C2C(=O)C=C(Br)C3=O)cc(I)c1O. The highest BCUT2D eigenvalue weighted by atomic mass is 127. The van der Waals surface area contributed by atoms with Crippen LogP contribution in [0, 0.1) is 21.3 Å². The molecule has 1 heterocycles. The lowest BCUT2D eigenvalue weighted by Gasteiger charge is -2.42. The third kappa shape index (κ3) is 4.55. The Labute approximate surface area is 258 Å². The molecule has 2 N–H and O–H groups in total. The number of methoxy groups -OCH3 is 1. The minimum absolute atomic E-state index is 0.0226. The lowest BCUT2D eigenvalue weighted by Crippen LogP contribution is -2.39. The summed E-state index contributed by atoms with van der Waals surface area (Å²) in [5.41, 5.74) is 3.11. The minimum atomic E-state index is -0.649. The Kier molecular flexibility index (Phi) is 7.17. The highest BCUT2D eigenvalue weighted by Gasteiger charge is 2.56. The van der Waals surface area contributed by atoms with Gasteiger partial charge in [-0.15, -0.1) is 0 Å². The highest BCUT2D eigenvalue weighted by Crippen LogP contribution is 2.56. The van der Waals surface area contributed by atoms with Crippen LogP contribution in [0.5, 0.6) is 17.2 Å². The number of aromatic hydroxyl groups is 2. The molecule has 2 aromatic rings. The number of nitrogens with zero attached hydrogens (tertiary/aromatic N) is 1. The van der Waals surface area contributed by atoms with E-state index >= 15 is 0 Å². The maximum Gasteiger partial charge on any atom is 0.233 e. The molecule has 2 aromatic carbocycles. The topological polar surface area (TPSA) is 121 Å². The fraction of sp³-hybridized carbons (Fsp3) is 0.290. The van der Waals surface area contributed by atoms with Crippen LogP contribution in [0.15, 0.2) is 69.8 Å². The van der Waals surface area contributed by atoms with Gasteiger partial charge < -0.3 is 14.9 Å². The van der Waals surface area contributed by atoms with E-state index in [0.717, 1.165) is 11.1 Å². The molecular weight excluding hydrogens is 705 g/mol. The van der Waals surface area contributed by atoms with Crippen molar-refractivity contribution < 1.29 is 34.1 Å². The number of likely N-dealkylation sites (tertiary alicyclic amines) is 1. The molecule has 8 nitrogen and oxygen atoms in total. The first kappa shape index (κ1) is 27.9. The molecule has 4 aliphatic rings. The van der Waals surface area contributed by atoms with E-state index in [4.69, 9.17) is 4.74 Å². The van der Waals surface area contributed by atoms with Crippen LogP contribution in [0.4, 0.5) is 0 Å². The van der Waals surface area contributed by atoms with E-state index in [1.54, 1.807) is 36.4 Å². The number of imide groups is 1. The molecule has 4 atom stereocenters. The van der Waals surface area contributed by atoms with Crippen LogP contribution < -0.4 is 4.74 Å². The first-order valence-electron chi connectivity index (χ1n) is 13.2. The van der Waals surface area contributed by atoms with E-state index in [9.17, 15) is 29.4 Å². The molecule has 4 unspecified atom stereocenters. The number of rotatable bonds is 5. The van der Waals surface area contributed by atoms with Crippen molar-refractivity contribution in [3.05, 3.63) is 84.4 Å². The number of carbonyl (C=O) groups is 4. The molecule has 1 aliphatic heterocycles. The molecular formula is C31H25BrINO7. The summed E-state index contributed by atoms with van der Waals surface area (Å²) in [6.45, 7) is 0.216. The molecule has 10 heteroatoms. The smallest absolute Gasteiger partial charge is 0.233 e. The first-order valence-corrected chi connectivity index (χ1v) is 15.1. The van der Waals surface area contributed by atoms with Crippen LogP contribution >= 0.6 is 38.5 Å². The molecule has 3 aliphatic carbocycles. The number of carbonyl (C=O) groups excluding carboxylic acids is 4. The molecule has 6 rings (SSSR count). The second kappa shape index (κ2) is 10.5. The molecule has 210 valence electrons. The van der Waals surface area contributed by atoms with Crippen molar-refractivity contribution in [3.8, 4) is 17.2 Å². The number of Topliss-reactive ketones (excluding diaryl/α,β-unsaturated/α-hetero) is 1. The van der Waals surface area contributed by atoms with Crippen molar-refractivity contribution in [3.63, 3.8) is 0 Å². The van der Waals surface area contributed by atoms with Gasteiger partial charge in [-0.1, -0.05) is 23.8 Å². The minimum Gasteiger partial charge on any atom is -0.508 e. The van der Waals surface area contributed by atoms with Crippen LogP contribution in [-0.4, -0.2) is 52.1 Å². The average molecular weight is 730 g/mol. The van der Waals surface area contributed by atoms with Gasteiger partial charge in [-0.2, -0.15) is 0 Å². The van der Waals surface area contributed by atoms with E-state index in [1.807, 2.05) is 28.7 Å². The number of phenolic OH excluding ortho intramolecular Hbond substituents is 2. The molecule has 2 amide bonds. The van der Waals surface area contributed by atoms with Gasteiger partial charge in [0.15, 0.2) is 23.1 Å². The van der Waals surface area contributed by atoms with Crippen LogP contribution in [0.3, 0.4) is 0 Å². The molecule has 0 bridgehead atoms. The number of halogens is 2. The maximum absolute atomic E-state index is 13.9. The van der Waals surface area contributed by atoms with E-state index < -0.39 is 23.7 Å². The number of hydrogen-bond acceptors (Lipinski definition) is 7.